The summed E-state index contributed by atoms with van der Waals surface area (Å²) < 4.78 is 12.9. The molecule has 1 spiro atoms. The number of ether oxygens (including phenoxy) is 2. The minimum atomic E-state index is -1.43. The summed E-state index contributed by atoms with van der Waals surface area (Å²) in [4.78, 5) is 82.2. The van der Waals surface area contributed by atoms with E-state index < -0.39 is 102 Å². The second-order valence-electron chi connectivity index (χ2n) is 23.2. The number of aliphatic hydroxyl groups is 4. The summed E-state index contributed by atoms with van der Waals surface area (Å²) in [7, 11) is 0. The number of aromatic hydroxyl groups is 1. The molecule has 3 fully saturated rings. The Bertz CT molecular complexity index is 2340. The third-order valence-corrected chi connectivity index (χ3v) is 16.9. The van der Waals surface area contributed by atoms with Gasteiger partial charge in [-0.2, -0.15) is 0 Å². The number of fused-ring (bicyclic) bond motifs is 2. The monoisotopic (exact) mass is 1090 g/mol. The third kappa shape index (κ3) is 16.7. The first-order chi connectivity index (χ1) is 36.9. The summed E-state index contributed by atoms with van der Waals surface area (Å²) in [5, 5.41) is 66.1. The molecule has 5 rings (SSSR count). The van der Waals surface area contributed by atoms with Crippen molar-refractivity contribution in [2.75, 3.05) is 6.54 Å². The van der Waals surface area contributed by atoms with Gasteiger partial charge in [-0.15, -0.1) is 0 Å². The Kier molecular flexibility index (Phi) is 23.9. The number of nitrogens with one attached hydrogen (secondary N) is 4. The van der Waals surface area contributed by atoms with Gasteiger partial charge < -0.3 is 55.8 Å². The summed E-state index contributed by atoms with van der Waals surface area (Å²) in [6.07, 6.45) is 10.6. The second-order valence-corrected chi connectivity index (χ2v) is 23.2. The van der Waals surface area contributed by atoms with E-state index >= 15 is 0 Å². The van der Waals surface area contributed by atoms with Crippen molar-refractivity contribution >= 4 is 35.4 Å². The van der Waals surface area contributed by atoms with Gasteiger partial charge in [0.1, 0.15) is 41.5 Å². The Balaban J connectivity index is 1.35. The zero-order valence-electron chi connectivity index (χ0n) is 47.6. The zero-order valence-corrected chi connectivity index (χ0v) is 47.6. The third-order valence-electron chi connectivity index (χ3n) is 16.9. The molecule has 9 N–H and O–H groups in total. The smallest absolute Gasteiger partial charge is 0.325 e. The van der Waals surface area contributed by atoms with E-state index in [1.54, 1.807) is 51.1 Å². The number of esters is 1. The van der Waals surface area contributed by atoms with Crippen LogP contribution in [0.4, 0.5) is 0 Å². The first-order valence-corrected chi connectivity index (χ1v) is 28.4. The quantitative estimate of drug-likeness (QED) is 0.0786. The van der Waals surface area contributed by atoms with Crippen molar-refractivity contribution in [2.24, 2.45) is 47.3 Å². The Labute approximate surface area is 461 Å². The predicted molar refractivity (Wildman–Crippen MR) is 295 cm³/mol. The standard InChI is InChI=1S/C60H91N5O13/c1-11-43-30-37(6)60(63-55(43)72)41(10)53(70)40(9)51(78-60)33-49(69)35(4)20-14-12-15-21-36(5)50-26-17-13-16-25-48(68)39(8)54(71)45(28-27-38(7)66)56(73)62-52(34(2)3)57(74)61-47(32-42-22-18-23-44(67)31-42)58(75)65-29-19-24-46(64-65)59(76)77-50/h12-13,15-18,21-23,25,31,34-35,37,39-41,43,45-54,64,67-71H,11,14,19-20,24,26-30,32-33H2,1-10H3,(H,61,74)(H,62,73)(H,63,72)/b15-12+,17-13+,25-16+,36-21+/t35-,37+,39-,40-,41-,43+,45+,46?,47-,48+,49-,50-,51-,52-,53-,54+,60+/m0/s1. The predicted octanol–water partition coefficient (Wildman–Crippen LogP) is 5.41. The maximum absolute atomic E-state index is 14.5. The Morgan fingerprint density at radius 2 is 1.68 bits per heavy atom. The topological polar surface area (TPSA) is 273 Å². The molecule has 1 unspecified atom stereocenters. The van der Waals surface area contributed by atoms with Crippen LogP contribution in [0.15, 0.2) is 72.4 Å². The number of hydrogen-bond donors (Lipinski definition) is 9. The highest BCUT2D eigenvalue weighted by atomic mass is 16.5. The van der Waals surface area contributed by atoms with E-state index in [1.807, 2.05) is 52.8 Å². The number of cyclic esters (lactones) is 1. The van der Waals surface area contributed by atoms with Crippen LogP contribution in [0.1, 0.15) is 139 Å². The van der Waals surface area contributed by atoms with Gasteiger partial charge in [-0.1, -0.05) is 110 Å². The lowest BCUT2D eigenvalue weighted by Gasteiger charge is -2.56. The molecular weight excluding hydrogens is 999 g/mol. The largest absolute Gasteiger partial charge is 0.508 e. The van der Waals surface area contributed by atoms with E-state index in [0.717, 1.165) is 6.42 Å². The molecular formula is C60H91N5O13. The molecule has 434 valence electrons. The van der Waals surface area contributed by atoms with E-state index in [1.165, 1.54) is 30.1 Å². The van der Waals surface area contributed by atoms with Gasteiger partial charge in [-0.05, 0) is 93.9 Å². The van der Waals surface area contributed by atoms with Gasteiger partial charge >= 0.3 is 5.97 Å². The van der Waals surface area contributed by atoms with Crippen LogP contribution in [-0.2, 0) is 44.7 Å². The van der Waals surface area contributed by atoms with Crippen molar-refractivity contribution in [1.82, 2.24) is 26.4 Å². The number of benzene rings is 1. The molecule has 3 saturated heterocycles. The summed E-state index contributed by atoms with van der Waals surface area (Å²) in [6, 6.07) is 2.90. The minimum Gasteiger partial charge on any atom is -0.508 e. The van der Waals surface area contributed by atoms with Crippen molar-refractivity contribution in [1.29, 1.82) is 0 Å². The van der Waals surface area contributed by atoms with Crippen LogP contribution in [0.2, 0.25) is 0 Å². The van der Waals surface area contributed by atoms with E-state index in [0.29, 0.717) is 49.7 Å². The van der Waals surface area contributed by atoms with Crippen molar-refractivity contribution in [3.63, 3.8) is 0 Å². The maximum atomic E-state index is 14.5. The zero-order chi connectivity index (χ0) is 57.6. The van der Waals surface area contributed by atoms with Gasteiger partial charge in [0.25, 0.3) is 5.91 Å². The van der Waals surface area contributed by atoms with Gasteiger partial charge in [0.2, 0.25) is 17.7 Å². The Hall–Kier alpha value is -5.24. The van der Waals surface area contributed by atoms with Crippen LogP contribution in [0.25, 0.3) is 0 Å². The van der Waals surface area contributed by atoms with Crippen LogP contribution in [-0.4, -0.2) is 133 Å². The van der Waals surface area contributed by atoms with Gasteiger partial charge in [-0.25, -0.2) is 5.43 Å². The molecule has 0 radical (unpaired) electrons. The molecule has 0 saturated carbocycles. The number of phenolic OH excluding ortho intramolecular Hbond substituents is 1. The number of phenols is 1. The van der Waals surface area contributed by atoms with Crippen molar-refractivity contribution in [3.05, 3.63) is 77.9 Å². The van der Waals surface area contributed by atoms with Gasteiger partial charge in [0.05, 0.1) is 36.4 Å². The molecule has 4 heterocycles. The number of rotatable bonds is 15. The summed E-state index contributed by atoms with van der Waals surface area (Å²) in [5.74, 6) is -6.33. The van der Waals surface area contributed by atoms with E-state index in [4.69, 9.17) is 9.47 Å². The number of aliphatic hydroxyl groups excluding tert-OH is 4. The Morgan fingerprint density at radius 1 is 0.949 bits per heavy atom. The molecule has 18 heteroatoms. The average molecular weight is 1090 g/mol. The number of nitrogens with zero attached hydrogens (tertiary/aromatic N) is 1. The fourth-order valence-electron chi connectivity index (χ4n) is 11.3. The van der Waals surface area contributed by atoms with Crippen LogP contribution >= 0.6 is 0 Å². The van der Waals surface area contributed by atoms with Crippen LogP contribution in [0.3, 0.4) is 0 Å². The number of hydrogen-bond acceptors (Lipinski definition) is 14. The van der Waals surface area contributed by atoms with Gasteiger partial charge in [0.15, 0.2) is 0 Å². The fourth-order valence-corrected chi connectivity index (χ4v) is 11.3. The summed E-state index contributed by atoms with van der Waals surface area (Å²) in [5.41, 5.74) is 3.27. The lowest BCUT2D eigenvalue weighted by molar-refractivity contribution is -0.267. The molecule has 1 aromatic rings. The van der Waals surface area contributed by atoms with Gasteiger partial charge in [0, 0.05) is 61.8 Å². The molecule has 78 heavy (non-hydrogen) atoms. The number of Topliss-reactive ketones (excluding diaryl/α,β-unsaturated/α-hetero) is 1. The lowest BCUT2D eigenvalue weighted by Crippen LogP contribution is -2.71. The number of amides is 4. The average Bonchev–Trinajstić information content (AvgIpc) is 3.51. The van der Waals surface area contributed by atoms with Crippen molar-refractivity contribution in [2.45, 2.75) is 200 Å². The Morgan fingerprint density at radius 3 is 2.36 bits per heavy atom. The van der Waals surface area contributed by atoms with E-state index in [2.05, 4.69) is 28.3 Å². The number of ketones is 1. The number of carbonyl (C=O) groups excluding carboxylic acids is 6. The lowest BCUT2D eigenvalue weighted by atomic mass is 9.69. The number of hydrazine groups is 1. The number of allylic oxidation sites excluding steroid dienone is 5. The van der Waals surface area contributed by atoms with Crippen LogP contribution in [0.5, 0.6) is 5.75 Å². The second kappa shape index (κ2) is 29.3. The highest BCUT2D eigenvalue weighted by molar-refractivity contribution is 5.93. The molecule has 4 aliphatic heterocycles. The summed E-state index contributed by atoms with van der Waals surface area (Å²) in [6.45, 7) is 18.3. The molecule has 4 aliphatic rings. The highest BCUT2D eigenvalue weighted by Crippen LogP contribution is 2.46. The first-order valence-electron chi connectivity index (χ1n) is 28.4. The molecule has 2 bridgehead atoms. The van der Waals surface area contributed by atoms with E-state index in [-0.39, 0.29) is 79.3 Å². The van der Waals surface area contributed by atoms with Crippen LogP contribution in [0, 0.1) is 47.3 Å². The maximum Gasteiger partial charge on any atom is 0.325 e. The van der Waals surface area contributed by atoms with Crippen molar-refractivity contribution in [3.8, 4) is 5.75 Å². The molecule has 4 amide bonds. The van der Waals surface area contributed by atoms with Crippen LogP contribution < -0.4 is 21.4 Å². The number of piperidine rings is 1. The summed E-state index contributed by atoms with van der Waals surface area (Å²) >= 11 is 0. The van der Waals surface area contributed by atoms with Gasteiger partial charge in [-0.3, -0.25) is 29.0 Å². The normalized spacial score (nSPS) is 34.9. The molecule has 18 nitrogen and oxygen atoms in total. The SMILES string of the molecule is CC[C@@H]1C[C@@H](C)[C@@]2(NC1=O)O[C@@H](C[C@H](O)[C@@H](C)CC/C=C/C=C(\C)[C@@H]1C/C=C/C=C/[C@@H](O)[C@H](C)[C@@H](O)[C@@H](CCC(C)=O)C(=O)N[C@@H](C(C)C)C(=O)N[C@@H](Cc3cccc(O)c3)C(=O)N3CCCC(N3)C(=O)O1)[C@H](C)[C@H](O)[C@@H]2C. The van der Waals surface area contributed by atoms with E-state index in [9.17, 15) is 54.3 Å². The molecule has 0 aliphatic carbocycles. The first kappa shape index (κ1) is 63.6. The highest BCUT2D eigenvalue weighted by Gasteiger charge is 2.57. The molecule has 0 aromatic heterocycles. The fraction of sp³-hybridized carbons (Fsp3) is 0.667. The van der Waals surface area contributed by atoms with Crippen molar-refractivity contribution < 1.29 is 63.8 Å². The minimum absolute atomic E-state index is 0.0254. The molecule has 17 atom stereocenters. The molecule has 1 aromatic carbocycles. The number of carbonyl (C=O) groups is 6.